The number of carbonyl (C=O) groups is 1. The van der Waals surface area contributed by atoms with Crippen LogP contribution in [-0.2, 0) is 6.54 Å². The number of aromatic nitrogens is 1. The average molecular weight is 326 g/mol. The highest BCUT2D eigenvalue weighted by Gasteiger charge is 2.26. The maximum Gasteiger partial charge on any atom is 0.413 e. The molecule has 0 saturated heterocycles. The molecule has 0 radical (unpaired) electrons. The van der Waals surface area contributed by atoms with E-state index in [-0.39, 0.29) is 11.7 Å². The summed E-state index contributed by atoms with van der Waals surface area (Å²) in [5.74, 6) is -0.869. The number of anilines is 1. The molecule has 0 bridgehead atoms. The Bertz CT molecular complexity index is 724. The van der Waals surface area contributed by atoms with Crippen LogP contribution in [0, 0.1) is 15.9 Å². The van der Waals surface area contributed by atoms with Gasteiger partial charge in [-0.05, 0) is 23.8 Å². The SMILES string of the molecule is O=C(O)N(Cc1ccc(F)cc1)c1nc(Cl)ccc1[N+](=O)[O-]. The summed E-state index contributed by atoms with van der Waals surface area (Å²) in [5, 5.41) is 20.2. The lowest BCUT2D eigenvalue weighted by atomic mass is 10.2. The molecule has 114 valence electrons. The van der Waals surface area contributed by atoms with E-state index in [1.165, 1.54) is 18.2 Å². The van der Waals surface area contributed by atoms with E-state index < -0.39 is 28.3 Å². The van der Waals surface area contributed by atoms with Crippen molar-refractivity contribution in [3.05, 3.63) is 63.0 Å². The van der Waals surface area contributed by atoms with Crippen molar-refractivity contribution in [1.29, 1.82) is 0 Å². The van der Waals surface area contributed by atoms with Crippen molar-refractivity contribution in [2.45, 2.75) is 6.54 Å². The lowest BCUT2D eigenvalue weighted by Crippen LogP contribution is -2.30. The van der Waals surface area contributed by atoms with Gasteiger partial charge in [0, 0.05) is 6.07 Å². The van der Waals surface area contributed by atoms with Crippen molar-refractivity contribution in [3.8, 4) is 0 Å². The zero-order valence-corrected chi connectivity index (χ0v) is 11.7. The molecular weight excluding hydrogens is 317 g/mol. The predicted octanol–water partition coefficient (Wildman–Crippen LogP) is 3.47. The fourth-order valence-electron chi connectivity index (χ4n) is 1.76. The summed E-state index contributed by atoms with van der Waals surface area (Å²) >= 11 is 5.69. The number of nitrogens with zero attached hydrogens (tertiary/aromatic N) is 3. The summed E-state index contributed by atoms with van der Waals surface area (Å²) in [6.45, 7) is -0.232. The largest absolute Gasteiger partial charge is 0.465 e. The molecule has 2 rings (SSSR count). The van der Waals surface area contributed by atoms with E-state index in [1.54, 1.807) is 0 Å². The third kappa shape index (κ3) is 3.47. The topological polar surface area (TPSA) is 96.6 Å². The van der Waals surface area contributed by atoms with Gasteiger partial charge in [0.2, 0.25) is 5.82 Å². The monoisotopic (exact) mass is 325 g/mol. The minimum Gasteiger partial charge on any atom is -0.465 e. The first-order valence-corrected chi connectivity index (χ1v) is 6.32. The molecule has 2 aromatic rings. The highest BCUT2D eigenvalue weighted by atomic mass is 35.5. The Labute approximate surface area is 128 Å². The zero-order chi connectivity index (χ0) is 16.3. The fraction of sp³-hybridized carbons (Fsp3) is 0.0769. The Hall–Kier alpha value is -2.74. The molecule has 1 aromatic heterocycles. The van der Waals surface area contributed by atoms with Gasteiger partial charge in [-0.15, -0.1) is 0 Å². The van der Waals surface area contributed by atoms with Crippen molar-refractivity contribution in [2.75, 3.05) is 4.90 Å². The Balaban J connectivity index is 2.44. The van der Waals surface area contributed by atoms with Crippen LogP contribution in [0.2, 0.25) is 5.15 Å². The van der Waals surface area contributed by atoms with E-state index in [2.05, 4.69) is 4.98 Å². The minimum absolute atomic E-state index is 0.0778. The third-order valence-electron chi connectivity index (χ3n) is 2.76. The first-order chi connectivity index (χ1) is 10.4. The first kappa shape index (κ1) is 15.6. The molecule has 7 nitrogen and oxygen atoms in total. The number of rotatable bonds is 4. The van der Waals surface area contributed by atoms with Gasteiger partial charge in [0.1, 0.15) is 11.0 Å². The number of amides is 1. The van der Waals surface area contributed by atoms with Crippen LogP contribution in [0.5, 0.6) is 0 Å². The van der Waals surface area contributed by atoms with Gasteiger partial charge in [0.25, 0.3) is 0 Å². The molecule has 22 heavy (non-hydrogen) atoms. The van der Waals surface area contributed by atoms with Gasteiger partial charge in [0.05, 0.1) is 11.5 Å². The normalized spacial score (nSPS) is 10.3. The highest BCUT2D eigenvalue weighted by molar-refractivity contribution is 6.29. The van der Waals surface area contributed by atoms with Crippen LogP contribution in [0.4, 0.5) is 20.7 Å². The fourth-order valence-corrected chi connectivity index (χ4v) is 1.91. The second-order valence-electron chi connectivity index (χ2n) is 4.23. The quantitative estimate of drug-likeness (QED) is 0.527. The van der Waals surface area contributed by atoms with Crippen LogP contribution in [0.3, 0.4) is 0 Å². The Kier molecular flexibility index (Phi) is 4.52. The van der Waals surface area contributed by atoms with E-state index in [0.29, 0.717) is 10.5 Å². The summed E-state index contributed by atoms with van der Waals surface area (Å²) in [5.41, 5.74) is -0.0474. The van der Waals surface area contributed by atoms with Crippen molar-refractivity contribution < 1.29 is 19.2 Å². The van der Waals surface area contributed by atoms with Gasteiger partial charge in [-0.2, -0.15) is 0 Å². The van der Waals surface area contributed by atoms with Gasteiger partial charge in [-0.1, -0.05) is 23.7 Å². The molecule has 1 aromatic carbocycles. The predicted molar refractivity (Wildman–Crippen MR) is 76.5 cm³/mol. The Morgan fingerprint density at radius 2 is 1.95 bits per heavy atom. The van der Waals surface area contributed by atoms with Gasteiger partial charge < -0.3 is 5.11 Å². The molecule has 0 fully saturated rings. The molecule has 1 N–H and O–H groups in total. The smallest absolute Gasteiger partial charge is 0.413 e. The number of carboxylic acid groups (broad SMARTS) is 1. The molecule has 9 heteroatoms. The van der Waals surface area contributed by atoms with Crippen LogP contribution in [-0.4, -0.2) is 21.1 Å². The molecule has 0 aliphatic heterocycles. The maximum atomic E-state index is 12.9. The van der Waals surface area contributed by atoms with Gasteiger partial charge in [0.15, 0.2) is 0 Å². The Morgan fingerprint density at radius 3 is 2.50 bits per heavy atom. The van der Waals surface area contributed by atoms with E-state index in [1.807, 2.05) is 0 Å². The molecule has 1 amide bonds. The van der Waals surface area contributed by atoms with Crippen LogP contribution in [0.15, 0.2) is 36.4 Å². The van der Waals surface area contributed by atoms with Gasteiger partial charge >= 0.3 is 11.8 Å². The van der Waals surface area contributed by atoms with Crippen LogP contribution < -0.4 is 4.90 Å². The summed E-state index contributed by atoms with van der Waals surface area (Å²) in [7, 11) is 0. The number of nitro groups is 1. The number of hydrogen-bond donors (Lipinski definition) is 1. The van der Waals surface area contributed by atoms with Gasteiger partial charge in [-0.3, -0.25) is 15.0 Å². The molecule has 1 heterocycles. The zero-order valence-electron chi connectivity index (χ0n) is 10.9. The van der Waals surface area contributed by atoms with Crippen molar-refractivity contribution in [2.24, 2.45) is 0 Å². The van der Waals surface area contributed by atoms with E-state index in [4.69, 9.17) is 11.6 Å². The molecule has 0 aliphatic carbocycles. The third-order valence-corrected chi connectivity index (χ3v) is 2.97. The lowest BCUT2D eigenvalue weighted by molar-refractivity contribution is -0.384. The summed E-state index contributed by atoms with van der Waals surface area (Å²) in [4.78, 5) is 26.1. The summed E-state index contributed by atoms with van der Waals surface area (Å²) < 4.78 is 12.9. The van der Waals surface area contributed by atoms with Crippen LogP contribution in [0.1, 0.15) is 5.56 Å². The molecule has 0 unspecified atom stereocenters. The standard InChI is InChI=1S/C13H9ClFN3O4/c14-11-6-5-10(18(21)22)12(16-11)17(13(19)20)7-8-1-3-9(15)4-2-8/h1-6H,7H2,(H,19,20). The summed E-state index contributed by atoms with van der Waals surface area (Å²) in [6, 6.07) is 7.35. The number of halogens is 2. The molecular formula is C13H9ClFN3O4. The van der Waals surface area contributed by atoms with Crippen LogP contribution in [0.25, 0.3) is 0 Å². The lowest BCUT2D eigenvalue weighted by Gasteiger charge is -2.18. The number of benzene rings is 1. The van der Waals surface area contributed by atoms with E-state index in [9.17, 15) is 24.4 Å². The Morgan fingerprint density at radius 1 is 1.32 bits per heavy atom. The van der Waals surface area contributed by atoms with Crippen molar-refractivity contribution in [3.63, 3.8) is 0 Å². The minimum atomic E-state index is -1.44. The summed E-state index contributed by atoms with van der Waals surface area (Å²) in [6.07, 6.45) is -1.44. The van der Waals surface area contributed by atoms with Crippen LogP contribution >= 0.6 is 11.6 Å². The average Bonchev–Trinajstić information content (AvgIpc) is 2.45. The maximum absolute atomic E-state index is 12.9. The molecule has 0 spiro atoms. The molecule has 0 saturated carbocycles. The molecule has 0 atom stereocenters. The number of pyridine rings is 1. The van der Waals surface area contributed by atoms with Crippen molar-refractivity contribution in [1.82, 2.24) is 4.98 Å². The van der Waals surface area contributed by atoms with E-state index in [0.717, 1.165) is 18.2 Å². The second-order valence-corrected chi connectivity index (χ2v) is 4.62. The molecule has 0 aliphatic rings. The second kappa shape index (κ2) is 6.35. The van der Waals surface area contributed by atoms with Crippen molar-refractivity contribution >= 4 is 29.2 Å². The number of hydrogen-bond acceptors (Lipinski definition) is 4. The van der Waals surface area contributed by atoms with Gasteiger partial charge in [-0.25, -0.2) is 14.2 Å². The first-order valence-electron chi connectivity index (χ1n) is 5.94. The highest BCUT2D eigenvalue weighted by Crippen LogP contribution is 2.29. The van der Waals surface area contributed by atoms with E-state index >= 15 is 0 Å².